The molecule has 1 rings (SSSR count). The van der Waals surface area contributed by atoms with Crippen molar-refractivity contribution in [2.24, 2.45) is 0 Å². The minimum absolute atomic E-state index is 0.0439. The van der Waals surface area contributed by atoms with E-state index >= 15 is 0 Å². The Kier molecular flexibility index (Phi) is 4.31. The predicted octanol–water partition coefficient (Wildman–Crippen LogP) is 0.777. The highest BCUT2D eigenvalue weighted by Gasteiger charge is 2.07. The average Bonchev–Trinajstić information content (AvgIpc) is 2.24. The molecule has 94 valence electrons. The molecule has 0 spiro atoms. The minimum atomic E-state index is -0.398. The van der Waals surface area contributed by atoms with Crippen molar-refractivity contribution in [2.75, 3.05) is 0 Å². The van der Waals surface area contributed by atoms with Gasteiger partial charge < -0.3 is 15.0 Å². The summed E-state index contributed by atoms with van der Waals surface area (Å²) in [4.78, 5) is 22.6. The minimum Gasteiger partial charge on any atom is -0.503 e. The van der Waals surface area contributed by atoms with Gasteiger partial charge in [0.05, 0.1) is 5.69 Å². The zero-order chi connectivity index (χ0) is 13.0. The van der Waals surface area contributed by atoms with E-state index in [1.54, 1.807) is 17.7 Å². The predicted molar refractivity (Wildman–Crippen MR) is 65.0 cm³/mol. The number of hydrogen-bond donors (Lipinski definition) is 2. The van der Waals surface area contributed by atoms with Crippen LogP contribution >= 0.6 is 0 Å². The highest BCUT2D eigenvalue weighted by atomic mass is 16.3. The van der Waals surface area contributed by atoms with Gasteiger partial charge in [0.25, 0.3) is 0 Å². The van der Waals surface area contributed by atoms with Crippen molar-refractivity contribution < 1.29 is 9.90 Å². The van der Waals surface area contributed by atoms with Crippen LogP contribution in [0.5, 0.6) is 5.75 Å². The standard InChI is InChI=1S/C12H18N2O3/c1-8(2)13-11(16)5-7-14-6-4-10(15)12(17)9(14)3/h4,6,8,17H,5,7H2,1-3H3,(H,13,16). The smallest absolute Gasteiger partial charge is 0.223 e. The second-order valence-electron chi connectivity index (χ2n) is 4.28. The molecule has 1 heterocycles. The molecule has 0 aliphatic heterocycles. The second kappa shape index (κ2) is 5.52. The fraction of sp³-hybridized carbons (Fsp3) is 0.500. The summed E-state index contributed by atoms with van der Waals surface area (Å²) in [6.07, 6.45) is 1.90. The molecule has 0 radical (unpaired) electrons. The summed E-state index contributed by atoms with van der Waals surface area (Å²) in [6, 6.07) is 1.41. The normalized spacial score (nSPS) is 10.6. The molecular weight excluding hydrogens is 220 g/mol. The molecule has 0 fully saturated rings. The number of aromatic nitrogens is 1. The summed E-state index contributed by atoms with van der Waals surface area (Å²) in [5.74, 6) is -0.297. The van der Waals surface area contributed by atoms with E-state index in [-0.39, 0.29) is 17.7 Å². The van der Waals surface area contributed by atoms with Crippen LogP contribution in [0.1, 0.15) is 26.0 Å². The van der Waals surface area contributed by atoms with Crippen molar-refractivity contribution in [3.05, 3.63) is 28.2 Å². The van der Waals surface area contributed by atoms with E-state index in [1.165, 1.54) is 6.07 Å². The number of aromatic hydroxyl groups is 1. The Bertz CT molecular complexity index is 463. The number of carbonyl (C=O) groups is 1. The Hall–Kier alpha value is -1.78. The molecule has 0 atom stereocenters. The van der Waals surface area contributed by atoms with Crippen LogP contribution in [0.4, 0.5) is 0 Å². The lowest BCUT2D eigenvalue weighted by molar-refractivity contribution is -0.121. The quantitative estimate of drug-likeness (QED) is 0.814. The third-order valence-corrected chi connectivity index (χ3v) is 2.44. The summed E-state index contributed by atoms with van der Waals surface area (Å²) < 4.78 is 1.69. The molecule has 0 aromatic carbocycles. The van der Waals surface area contributed by atoms with Gasteiger partial charge in [0.1, 0.15) is 0 Å². The number of hydrogen-bond acceptors (Lipinski definition) is 3. The topological polar surface area (TPSA) is 71.3 Å². The summed E-state index contributed by atoms with van der Waals surface area (Å²) in [7, 11) is 0. The van der Waals surface area contributed by atoms with Gasteiger partial charge in [-0.3, -0.25) is 9.59 Å². The Morgan fingerprint density at radius 2 is 2.18 bits per heavy atom. The number of carbonyl (C=O) groups excluding carboxylic acids is 1. The largest absolute Gasteiger partial charge is 0.503 e. The number of nitrogens with zero attached hydrogens (tertiary/aromatic N) is 1. The monoisotopic (exact) mass is 238 g/mol. The summed E-state index contributed by atoms with van der Waals surface area (Å²) in [6.45, 7) is 5.89. The first-order valence-corrected chi connectivity index (χ1v) is 5.60. The van der Waals surface area contributed by atoms with Gasteiger partial charge in [-0.1, -0.05) is 0 Å². The molecule has 17 heavy (non-hydrogen) atoms. The van der Waals surface area contributed by atoms with Gasteiger partial charge in [-0.2, -0.15) is 0 Å². The molecule has 2 N–H and O–H groups in total. The Morgan fingerprint density at radius 1 is 1.53 bits per heavy atom. The zero-order valence-electron chi connectivity index (χ0n) is 10.4. The van der Waals surface area contributed by atoms with Gasteiger partial charge in [0.15, 0.2) is 5.75 Å². The lowest BCUT2D eigenvalue weighted by Gasteiger charge is -2.12. The third-order valence-electron chi connectivity index (χ3n) is 2.44. The molecule has 5 heteroatoms. The molecule has 1 amide bonds. The Balaban J connectivity index is 2.67. The summed E-state index contributed by atoms with van der Waals surface area (Å²) in [5.41, 5.74) is 0.0835. The maximum Gasteiger partial charge on any atom is 0.223 e. The highest BCUT2D eigenvalue weighted by Crippen LogP contribution is 2.09. The van der Waals surface area contributed by atoms with Gasteiger partial charge in [-0.25, -0.2) is 0 Å². The Labute approximate surface area is 100 Å². The van der Waals surface area contributed by atoms with Crippen LogP contribution in [0.2, 0.25) is 0 Å². The van der Waals surface area contributed by atoms with E-state index in [4.69, 9.17) is 0 Å². The fourth-order valence-electron chi connectivity index (χ4n) is 1.52. The molecule has 0 aliphatic rings. The highest BCUT2D eigenvalue weighted by molar-refractivity contribution is 5.76. The number of pyridine rings is 1. The SMILES string of the molecule is Cc1c(O)c(=O)ccn1CCC(=O)NC(C)C. The maximum absolute atomic E-state index is 11.4. The number of nitrogens with one attached hydrogen (secondary N) is 1. The van der Waals surface area contributed by atoms with Crippen molar-refractivity contribution >= 4 is 5.91 Å². The fourth-order valence-corrected chi connectivity index (χ4v) is 1.52. The van der Waals surface area contributed by atoms with Crippen LogP contribution in [-0.2, 0) is 11.3 Å². The van der Waals surface area contributed by atoms with Crippen molar-refractivity contribution in [3.63, 3.8) is 0 Å². The average molecular weight is 238 g/mol. The van der Waals surface area contributed by atoms with Crippen molar-refractivity contribution in [3.8, 4) is 5.75 Å². The molecular formula is C12H18N2O3. The van der Waals surface area contributed by atoms with E-state index in [1.807, 2.05) is 13.8 Å². The van der Waals surface area contributed by atoms with E-state index in [2.05, 4.69) is 5.32 Å². The first-order valence-electron chi connectivity index (χ1n) is 5.60. The molecule has 0 aliphatic carbocycles. The van der Waals surface area contributed by atoms with Crippen LogP contribution in [0.3, 0.4) is 0 Å². The number of amides is 1. The van der Waals surface area contributed by atoms with Crippen molar-refractivity contribution in [2.45, 2.75) is 39.8 Å². The molecule has 0 saturated carbocycles. The first-order chi connectivity index (χ1) is 7.91. The molecule has 0 bridgehead atoms. The van der Waals surface area contributed by atoms with Crippen LogP contribution in [0.25, 0.3) is 0 Å². The van der Waals surface area contributed by atoms with Gasteiger partial charge >= 0.3 is 0 Å². The van der Waals surface area contributed by atoms with E-state index in [0.29, 0.717) is 18.7 Å². The van der Waals surface area contributed by atoms with Gasteiger partial charge in [0.2, 0.25) is 11.3 Å². The first kappa shape index (κ1) is 13.3. The van der Waals surface area contributed by atoms with Crippen LogP contribution in [0.15, 0.2) is 17.1 Å². The van der Waals surface area contributed by atoms with Gasteiger partial charge in [-0.05, 0) is 20.8 Å². The Morgan fingerprint density at radius 3 is 2.76 bits per heavy atom. The molecule has 0 unspecified atom stereocenters. The lowest BCUT2D eigenvalue weighted by atomic mass is 10.3. The number of rotatable bonds is 4. The summed E-state index contributed by atoms with van der Waals surface area (Å²) in [5, 5.41) is 12.2. The molecule has 1 aromatic heterocycles. The zero-order valence-corrected chi connectivity index (χ0v) is 10.4. The molecule has 5 nitrogen and oxygen atoms in total. The second-order valence-corrected chi connectivity index (χ2v) is 4.28. The van der Waals surface area contributed by atoms with E-state index in [9.17, 15) is 14.7 Å². The van der Waals surface area contributed by atoms with Crippen molar-refractivity contribution in [1.82, 2.24) is 9.88 Å². The number of aryl methyl sites for hydroxylation is 1. The van der Waals surface area contributed by atoms with Gasteiger partial charge in [0, 0.05) is 31.3 Å². The van der Waals surface area contributed by atoms with Crippen LogP contribution in [-0.4, -0.2) is 21.6 Å². The maximum atomic E-state index is 11.4. The van der Waals surface area contributed by atoms with Crippen molar-refractivity contribution in [1.29, 1.82) is 0 Å². The van der Waals surface area contributed by atoms with E-state index < -0.39 is 5.43 Å². The van der Waals surface area contributed by atoms with E-state index in [0.717, 1.165) is 0 Å². The van der Waals surface area contributed by atoms with Crippen LogP contribution in [0, 0.1) is 6.92 Å². The van der Waals surface area contributed by atoms with Gasteiger partial charge in [-0.15, -0.1) is 0 Å². The van der Waals surface area contributed by atoms with Crippen LogP contribution < -0.4 is 10.7 Å². The third kappa shape index (κ3) is 3.62. The lowest BCUT2D eigenvalue weighted by Crippen LogP contribution is -2.30. The molecule has 0 saturated heterocycles. The molecule has 1 aromatic rings. The summed E-state index contributed by atoms with van der Waals surface area (Å²) >= 11 is 0.